The number of carbonyl (C=O) groups excluding carboxylic acids is 1. The summed E-state index contributed by atoms with van der Waals surface area (Å²) in [5, 5.41) is 0. The van der Waals surface area contributed by atoms with Crippen LogP contribution in [-0.4, -0.2) is 12.9 Å². The molecular weight excluding hydrogens is 312 g/mol. The van der Waals surface area contributed by atoms with Crippen LogP contribution in [0.1, 0.15) is 21.5 Å². The van der Waals surface area contributed by atoms with Crippen LogP contribution >= 0.6 is 0 Å². The first-order chi connectivity index (χ1) is 12.3. The minimum atomic E-state index is -0.0923. The van der Waals surface area contributed by atoms with E-state index in [0.717, 1.165) is 22.4 Å². The zero-order valence-corrected chi connectivity index (χ0v) is 13.7. The van der Waals surface area contributed by atoms with Crippen molar-refractivity contribution >= 4 is 11.4 Å². The predicted octanol–water partition coefficient (Wildman–Crippen LogP) is 4.73. The molecule has 0 aromatic heterocycles. The molecule has 0 bridgehead atoms. The van der Waals surface area contributed by atoms with Crippen molar-refractivity contribution < 1.29 is 14.3 Å². The lowest BCUT2D eigenvalue weighted by atomic mass is 9.94. The Labute approximate surface area is 146 Å². The molecule has 0 saturated heterocycles. The van der Waals surface area contributed by atoms with Crippen molar-refractivity contribution in [2.75, 3.05) is 7.11 Å². The van der Waals surface area contributed by atoms with Crippen LogP contribution in [-0.2, 0) is 0 Å². The maximum Gasteiger partial charge on any atom is 0.232 e. The second-order valence-electron chi connectivity index (χ2n) is 5.73. The number of methoxy groups -OCH3 is 1. The number of ketones is 1. The lowest BCUT2D eigenvalue weighted by Gasteiger charge is -2.12. The highest BCUT2D eigenvalue weighted by atomic mass is 16.5. The zero-order chi connectivity index (χ0) is 17.2. The van der Waals surface area contributed by atoms with Gasteiger partial charge in [-0.2, -0.15) is 0 Å². The smallest absolute Gasteiger partial charge is 0.232 e. The maximum absolute atomic E-state index is 12.9. The molecule has 0 N–H and O–H groups in total. The Balaban J connectivity index is 1.91. The number of ether oxygens (including phenoxy) is 2. The van der Waals surface area contributed by atoms with Crippen LogP contribution in [0.15, 0.2) is 84.6 Å². The second kappa shape index (κ2) is 6.29. The number of rotatable bonds is 3. The number of hydrogen-bond acceptors (Lipinski definition) is 3. The van der Waals surface area contributed by atoms with Gasteiger partial charge in [-0.3, -0.25) is 4.79 Å². The summed E-state index contributed by atoms with van der Waals surface area (Å²) < 4.78 is 11.2. The van der Waals surface area contributed by atoms with Gasteiger partial charge in [-0.05, 0) is 35.4 Å². The third kappa shape index (κ3) is 2.70. The highest BCUT2D eigenvalue weighted by molar-refractivity contribution is 6.17. The first-order valence-corrected chi connectivity index (χ1v) is 8.03. The van der Waals surface area contributed by atoms with Crippen molar-refractivity contribution in [3.05, 3.63) is 101 Å². The Kier molecular flexibility index (Phi) is 3.82. The molecule has 3 heteroatoms. The molecule has 0 spiro atoms. The molecule has 1 aliphatic rings. The van der Waals surface area contributed by atoms with E-state index in [9.17, 15) is 4.79 Å². The van der Waals surface area contributed by atoms with Crippen LogP contribution in [0, 0.1) is 0 Å². The van der Waals surface area contributed by atoms with Gasteiger partial charge < -0.3 is 9.47 Å². The Morgan fingerprint density at radius 2 is 1.44 bits per heavy atom. The maximum atomic E-state index is 12.9. The third-order valence-electron chi connectivity index (χ3n) is 4.22. The molecule has 1 heterocycles. The molecule has 0 saturated carbocycles. The normalized spacial score (nSPS) is 14.7. The van der Waals surface area contributed by atoms with Crippen molar-refractivity contribution in [3.8, 4) is 11.5 Å². The van der Waals surface area contributed by atoms with E-state index >= 15 is 0 Å². The van der Waals surface area contributed by atoms with Crippen LogP contribution in [0.2, 0.25) is 0 Å². The predicted molar refractivity (Wildman–Crippen MR) is 96.9 cm³/mol. The van der Waals surface area contributed by atoms with Gasteiger partial charge in [0.1, 0.15) is 11.5 Å². The van der Waals surface area contributed by atoms with E-state index in [2.05, 4.69) is 0 Å². The molecule has 0 fully saturated rings. The van der Waals surface area contributed by atoms with Gasteiger partial charge in [-0.1, -0.05) is 54.6 Å². The molecular formula is C22H16O3. The van der Waals surface area contributed by atoms with E-state index < -0.39 is 0 Å². The summed E-state index contributed by atoms with van der Waals surface area (Å²) in [5.74, 6) is 1.63. The van der Waals surface area contributed by atoms with Gasteiger partial charge >= 0.3 is 0 Å². The van der Waals surface area contributed by atoms with Crippen LogP contribution in [0.3, 0.4) is 0 Å². The van der Waals surface area contributed by atoms with E-state index in [1.807, 2.05) is 72.8 Å². The molecule has 122 valence electrons. The average Bonchev–Trinajstić information content (AvgIpc) is 3.00. The summed E-state index contributed by atoms with van der Waals surface area (Å²) in [5.41, 5.74) is 3.22. The highest BCUT2D eigenvalue weighted by Gasteiger charge is 2.30. The Hall–Kier alpha value is -3.33. The molecule has 3 nitrogen and oxygen atoms in total. The first kappa shape index (κ1) is 15.2. The quantitative estimate of drug-likeness (QED) is 0.652. The van der Waals surface area contributed by atoms with Gasteiger partial charge in [-0.25, -0.2) is 0 Å². The van der Waals surface area contributed by atoms with Gasteiger partial charge in [0.15, 0.2) is 5.76 Å². The van der Waals surface area contributed by atoms with E-state index in [1.165, 1.54) is 0 Å². The van der Waals surface area contributed by atoms with Crippen molar-refractivity contribution in [1.82, 2.24) is 0 Å². The van der Waals surface area contributed by atoms with Crippen LogP contribution < -0.4 is 9.47 Å². The van der Waals surface area contributed by atoms with E-state index in [0.29, 0.717) is 17.1 Å². The minimum absolute atomic E-state index is 0.0923. The molecule has 4 rings (SSSR count). The topological polar surface area (TPSA) is 35.5 Å². The number of para-hydroxylation sites is 1. The van der Waals surface area contributed by atoms with E-state index in [4.69, 9.17) is 9.47 Å². The van der Waals surface area contributed by atoms with Crippen LogP contribution in [0.4, 0.5) is 0 Å². The Morgan fingerprint density at radius 3 is 2.12 bits per heavy atom. The number of Topliss-reactive ketones (excluding diaryl/α,β-unsaturated/α-hetero) is 1. The fourth-order valence-electron chi connectivity index (χ4n) is 2.98. The molecule has 0 amide bonds. The van der Waals surface area contributed by atoms with E-state index in [1.54, 1.807) is 13.2 Å². The number of fused-ring (bicyclic) bond motifs is 1. The number of benzene rings is 3. The molecule has 1 aliphatic heterocycles. The van der Waals surface area contributed by atoms with Gasteiger partial charge in [0, 0.05) is 5.57 Å². The largest absolute Gasteiger partial charge is 0.497 e. The summed E-state index contributed by atoms with van der Waals surface area (Å²) in [6, 6.07) is 24.8. The summed E-state index contributed by atoms with van der Waals surface area (Å²) in [6.45, 7) is 0. The van der Waals surface area contributed by atoms with Crippen LogP contribution in [0.5, 0.6) is 11.5 Å². The molecule has 0 radical (unpaired) electrons. The molecule has 3 aromatic carbocycles. The van der Waals surface area contributed by atoms with Gasteiger partial charge in [0.2, 0.25) is 5.78 Å². The lowest BCUT2D eigenvalue weighted by Crippen LogP contribution is -2.04. The number of carbonyl (C=O) groups is 1. The van der Waals surface area contributed by atoms with Crippen molar-refractivity contribution in [2.45, 2.75) is 0 Å². The first-order valence-electron chi connectivity index (χ1n) is 8.03. The SMILES string of the molecule is COc1ccc(/C(=C2\Oc3ccccc3C2=O)c2ccccc2)cc1. The standard InChI is InChI=1S/C22H16O3/c1-24-17-13-11-16(12-14-17)20(15-7-3-2-4-8-15)22-21(23)18-9-5-6-10-19(18)25-22/h2-14H,1H3/b22-20-. The molecule has 3 aromatic rings. The molecule has 0 aliphatic carbocycles. The lowest BCUT2D eigenvalue weighted by molar-refractivity contribution is 0.101. The van der Waals surface area contributed by atoms with Crippen LogP contribution in [0.25, 0.3) is 5.57 Å². The molecule has 0 unspecified atom stereocenters. The van der Waals surface area contributed by atoms with Crippen molar-refractivity contribution in [1.29, 1.82) is 0 Å². The van der Waals surface area contributed by atoms with Crippen molar-refractivity contribution in [3.63, 3.8) is 0 Å². The summed E-state index contributed by atoms with van der Waals surface area (Å²) in [6.07, 6.45) is 0. The zero-order valence-electron chi connectivity index (χ0n) is 13.7. The average molecular weight is 328 g/mol. The minimum Gasteiger partial charge on any atom is -0.497 e. The van der Waals surface area contributed by atoms with E-state index in [-0.39, 0.29) is 5.78 Å². The fraction of sp³-hybridized carbons (Fsp3) is 0.0455. The Bertz CT molecular complexity index is 954. The summed E-state index contributed by atoms with van der Waals surface area (Å²) in [7, 11) is 1.63. The fourth-order valence-corrected chi connectivity index (χ4v) is 2.98. The summed E-state index contributed by atoms with van der Waals surface area (Å²) in [4.78, 5) is 12.9. The highest BCUT2D eigenvalue weighted by Crippen LogP contribution is 2.37. The van der Waals surface area contributed by atoms with Gasteiger partial charge in [0.25, 0.3) is 0 Å². The Morgan fingerprint density at radius 1 is 0.800 bits per heavy atom. The van der Waals surface area contributed by atoms with Gasteiger partial charge in [-0.15, -0.1) is 0 Å². The molecule has 25 heavy (non-hydrogen) atoms. The third-order valence-corrected chi connectivity index (χ3v) is 4.22. The van der Waals surface area contributed by atoms with Crippen molar-refractivity contribution in [2.24, 2.45) is 0 Å². The van der Waals surface area contributed by atoms with Gasteiger partial charge in [0.05, 0.1) is 12.7 Å². The number of hydrogen-bond donors (Lipinski definition) is 0. The summed E-state index contributed by atoms with van der Waals surface area (Å²) >= 11 is 0. The monoisotopic (exact) mass is 328 g/mol. The second-order valence-corrected chi connectivity index (χ2v) is 5.73. The number of allylic oxidation sites excluding steroid dienone is 1. The molecule has 0 atom stereocenters.